The molecule has 0 aliphatic carbocycles. The Hall–Kier alpha value is -1.97. The molecule has 1 fully saturated rings. The number of esters is 1. The highest BCUT2D eigenvalue weighted by atomic mass is 32.2. The van der Waals surface area contributed by atoms with E-state index in [-0.39, 0.29) is 22.7 Å². The van der Waals surface area contributed by atoms with E-state index < -0.39 is 16.1 Å². The molecule has 0 radical (unpaired) electrons. The molecule has 2 atom stereocenters. The maximum Gasteiger partial charge on any atom is 0.310 e. The Morgan fingerprint density at radius 1 is 1.35 bits per heavy atom. The maximum absolute atomic E-state index is 12.5. The van der Waals surface area contributed by atoms with Crippen molar-refractivity contribution in [2.24, 2.45) is 11.1 Å². The van der Waals surface area contributed by atoms with E-state index in [0.29, 0.717) is 18.8 Å². The largest absolute Gasteiger partial charge is 0.466 e. The lowest BCUT2D eigenvalue weighted by molar-refractivity contribution is -0.150. The second-order valence-corrected chi connectivity index (χ2v) is 7.88. The Labute approximate surface area is 153 Å². The first kappa shape index (κ1) is 20.3. The normalized spacial score (nSPS) is 19.6. The van der Waals surface area contributed by atoms with Crippen LogP contribution in [0.25, 0.3) is 0 Å². The van der Waals surface area contributed by atoms with Crippen molar-refractivity contribution >= 4 is 27.6 Å². The molecule has 26 heavy (non-hydrogen) atoms. The molecule has 9 heteroatoms. The summed E-state index contributed by atoms with van der Waals surface area (Å²) in [5.41, 5.74) is 0.480. The van der Waals surface area contributed by atoms with Crippen molar-refractivity contribution in [3.8, 4) is 0 Å². The van der Waals surface area contributed by atoms with E-state index in [1.54, 1.807) is 13.8 Å². The van der Waals surface area contributed by atoms with Crippen LogP contribution in [0, 0.1) is 5.92 Å². The van der Waals surface area contributed by atoms with Crippen LogP contribution in [0.5, 0.6) is 0 Å². The molecule has 0 spiro atoms. The zero-order valence-electron chi connectivity index (χ0n) is 15.0. The van der Waals surface area contributed by atoms with Crippen LogP contribution in [0.2, 0.25) is 0 Å². The zero-order chi connectivity index (χ0) is 19.3. The molecule has 8 nitrogen and oxygen atoms in total. The van der Waals surface area contributed by atoms with E-state index in [4.69, 9.17) is 9.88 Å². The maximum atomic E-state index is 12.5. The summed E-state index contributed by atoms with van der Waals surface area (Å²) in [6.07, 6.45) is 1.59. The minimum atomic E-state index is -3.77. The van der Waals surface area contributed by atoms with E-state index in [9.17, 15) is 18.0 Å². The van der Waals surface area contributed by atoms with Crippen LogP contribution in [-0.4, -0.2) is 50.9 Å². The predicted octanol–water partition coefficient (Wildman–Crippen LogP) is 0.936. The molecule has 1 aliphatic heterocycles. The lowest BCUT2D eigenvalue weighted by Gasteiger charge is -2.35. The summed E-state index contributed by atoms with van der Waals surface area (Å²) in [5, 5.41) is 7.81. The molecule has 0 bridgehead atoms. The average Bonchev–Trinajstić information content (AvgIpc) is 2.61. The molecule has 1 saturated heterocycles. The third-order valence-electron chi connectivity index (χ3n) is 4.45. The van der Waals surface area contributed by atoms with Crippen molar-refractivity contribution in [2.75, 3.05) is 25.0 Å². The van der Waals surface area contributed by atoms with Gasteiger partial charge in [-0.3, -0.25) is 14.5 Å². The van der Waals surface area contributed by atoms with Crippen LogP contribution in [0.15, 0.2) is 29.2 Å². The first-order valence-electron chi connectivity index (χ1n) is 8.56. The number of hydrogen-bond acceptors (Lipinski definition) is 6. The van der Waals surface area contributed by atoms with Gasteiger partial charge in [0, 0.05) is 12.2 Å². The van der Waals surface area contributed by atoms with Gasteiger partial charge in [0.1, 0.15) is 0 Å². The van der Waals surface area contributed by atoms with Crippen molar-refractivity contribution in [2.45, 2.75) is 37.6 Å². The van der Waals surface area contributed by atoms with Crippen LogP contribution in [-0.2, 0) is 24.3 Å². The fourth-order valence-electron chi connectivity index (χ4n) is 2.95. The number of primary sulfonamides is 1. The molecular formula is C17H25N3O5S. The fourth-order valence-corrected chi connectivity index (χ4v) is 3.47. The highest BCUT2D eigenvalue weighted by molar-refractivity contribution is 7.89. The summed E-state index contributed by atoms with van der Waals surface area (Å²) in [5.74, 6) is -0.658. The van der Waals surface area contributed by atoms with Gasteiger partial charge in [0.2, 0.25) is 15.9 Å². The molecule has 1 heterocycles. The molecule has 1 amide bonds. The minimum absolute atomic E-state index is 0.0168. The Kier molecular flexibility index (Phi) is 6.74. The third-order valence-corrected chi connectivity index (χ3v) is 5.38. The number of nitrogens with one attached hydrogen (secondary N) is 1. The molecule has 1 aromatic rings. The number of nitrogens with zero attached hydrogens (tertiary/aromatic N) is 1. The standard InChI is InChI=1S/C17H25N3O5S/c1-3-25-17(22)13-5-4-10-20(11-13)12(2)16(21)19-14-6-8-15(9-7-14)26(18,23)24/h6-9,12-13H,3-5,10-11H2,1-2H3,(H,19,21)(H2,18,23,24)/t12-,13-/m1/s1. The van der Waals surface area contributed by atoms with Gasteiger partial charge in [0.25, 0.3) is 0 Å². The summed E-state index contributed by atoms with van der Waals surface area (Å²) in [6, 6.07) is 5.23. The second-order valence-electron chi connectivity index (χ2n) is 6.32. The van der Waals surface area contributed by atoms with Gasteiger partial charge < -0.3 is 10.1 Å². The number of piperidine rings is 1. The molecule has 1 aliphatic rings. The van der Waals surface area contributed by atoms with Crippen molar-refractivity contribution in [3.63, 3.8) is 0 Å². The van der Waals surface area contributed by atoms with Crippen molar-refractivity contribution in [1.29, 1.82) is 0 Å². The van der Waals surface area contributed by atoms with Crippen LogP contribution in [0.3, 0.4) is 0 Å². The quantitative estimate of drug-likeness (QED) is 0.706. The van der Waals surface area contributed by atoms with Crippen LogP contribution >= 0.6 is 0 Å². The summed E-state index contributed by atoms with van der Waals surface area (Å²) in [6.45, 7) is 5.11. The van der Waals surface area contributed by atoms with Gasteiger partial charge in [-0.15, -0.1) is 0 Å². The van der Waals surface area contributed by atoms with E-state index in [2.05, 4.69) is 5.32 Å². The summed E-state index contributed by atoms with van der Waals surface area (Å²) in [4.78, 5) is 26.4. The number of ether oxygens (including phenoxy) is 1. The summed E-state index contributed by atoms with van der Waals surface area (Å²) < 4.78 is 27.6. The van der Waals surface area contributed by atoms with Gasteiger partial charge in [-0.05, 0) is 57.5 Å². The molecular weight excluding hydrogens is 358 g/mol. The zero-order valence-corrected chi connectivity index (χ0v) is 15.8. The Morgan fingerprint density at radius 3 is 2.58 bits per heavy atom. The van der Waals surface area contributed by atoms with Crippen molar-refractivity contribution in [1.82, 2.24) is 4.90 Å². The van der Waals surface area contributed by atoms with Gasteiger partial charge in [-0.2, -0.15) is 0 Å². The number of likely N-dealkylation sites (tertiary alicyclic amines) is 1. The summed E-state index contributed by atoms with van der Waals surface area (Å²) in [7, 11) is -3.77. The number of benzene rings is 1. The Balaban J connectivity index is 1.97. The smallest absolute Gasteiger partial charge is 0.310 e. The van der Waals surface area contributed by atoms with E-state index in [0.717, 1.165) is 19.4 Å². The number of rotatable bonds is 6. The monoisotopic (exact) mass is 383 g/mol. The third kappa shape index (κ3) is 5.26. The van der Waals surface area contributed by atoms with Crippen LogP contribution < -0.4 is 10.5 Å². The number of hydrogen-bond donors (Lipinski definition) is 2. The molecule has 0 aromatic heterocycles. The number of amides is 1. The number of carbonyl (C=O) groups excluding carboxylic acids is 2. The molecule has 3 N–H and O–H groups in total. The topological polar surface area (TPSA) is 119 Å². The highest BCUT2D eigenvalue weighted by Crippen LogP contribution is 2.21. The lowest BCUT2D eigenvalue weighted by atomic mass is 9.97. The van der Waals surface area contributed by atoms with Crippen molar-refractivity contribution in [3.05, 3.63) is 24.3 Å². The average molecular weight is 383 g/mol. The Morgan fingerprint density at radius 2 is 2.00 bits per heavy atom. The van der Waals surface area contributed by atoms with Crippen LogP contribution in [0.1, 0.15) is 26.7 Å². The Bertz CT molecular complexity index is 748. The molecule has 1 aromatic carbocycles. The predicted molar refractivity (Wildman–Crippen MR) is 96.8 cm³/mol. The molecule has 144 valence electrons. The van der Waals surface area contributed by atoms with E-state index >= 15 is 0 Å². The SMILES string of the molecule is CCOC(=O)[C@@H]1CCCN([C@H](C)C(=O)Nc2ccc(S(N)(=O)=O)cc2)C1. The number of nitrogens with two attached hydrogens (primary N) is 1. The summed E-state index contributed by atoms with van der Waals surface area (Å²) >= 11 is 0. The van der Waals surface area contributed by atoms with E-state index in [1.807, 2.05) is 4.90 Å². The lowest BCUT2D eigenvalue weighted by Crippen LogP contribution is -2.48. The van der Waals surface area contributed by atoms with Gasteiger partial charge in [-0.1, -0.05) is 0 Å². The van der Waals surface area contributed by atoms with Gasteiger partial charge >= 0.3 is 5.97 Å². The number of anilines is 1. The minimum Gasteiger partial charge on any atom is -0.466 e. The number of carbonyl (C=O) groups is 2. The molecule has 0 unspecified atom stereocenters. The van der Waals surface area contributed by atoms with Gasteiger partial charge in [0.05, 0.1) is 23.5 Å². The van der Waals surface area contributed by atoms with Gasteiger partial charge in [-0.25, -0.2) is 13.6 Å². The molecule has 2 rings (SSSR count). The first-order chi connectivity index (χ1) is 12.2. The first-order valence-corrected chi connectivity index (χ1v) is 10.1. The van der Waals surface area contributed by atoms with Crippen molar-refractivity contribution < 1.29 is 22.7 Å². The molecule has 0 saturated carbocycles. The fraction of sp³-hybridized carbons (Fsp3) is 0.529. The second kappa shape index (κ2) is 8.61. The van der Waals surface area contributed by atoms with Crippen LogP contribution in [0.4, 0.5) is 5.69 Å². The number of sulfonamides is 1. The van der Waals surface area contributed by atoms with E-state index in [1.165, 1.54) is 24.3 Å². The highest BCUT2D eigenvalue weighted by Gasteiger charge is 2.31. The van der Waals surface area contributed by atoms with Gasteiger partial charge in [0.15, 0.2) is 0 Å².